The van der Waals surface area contributed by atoms with Gasteiger partial charge in [-0.15, -0.1) is 0 Å². The molecule has 6 rings (SSSR count). The van der Waals surface area contributed by atoms with E-state index >= 15 is 0 Å². The molecule has 40 heavy (non-hydrogen) atoms. The van der Waals surface area contributed by atoms with E-state index in [2.05, 4.69) is 9.47 Å². The summed E-state index contributed by atoms with van der Waals surface area (Å²) in [6.45, 7) is 0. The largest absolute Gasteiger partial charge is 0.386 e. The van der Waals surface area contributed by atoms with E-state index in [1.807, 2.05) is 48.5 Å². The normalized spacial score (nSPS) is 13.5. The molecule has 194 valence electrons. The van der Waals surface area contributed by atoms with Crippen LogP contribution in [0.2, 0.25) is 0 Å². The van der Waals surface area contributed by atoms with Crippen LogP contribution in [0.3, 0.4) is 0 Å². The van der Waals surface area contributed by atoms with Crippen molar-refractivity contribution in [2.24, 2.45) is 0 Å². The van der Waals surface area contributed by atoms with Gasteiger partial charge in [-0.25, -0.2) is 19.2 Å². The van der Waals surface area contributed by atoms with Gasteiger partial charge < -0.3 is 9.47 Å². The summed E-state index contributed by atoms with van der Waals surface area (Å²) in [6, 6.07) is 23.6. The van der Waals surface area contributed by atoms with Crippen LogP contribution in [0.15, 0.2) is 84.9 Å². The number of benzene rings is 4. The topological polar surface area (TPSA) is 121 Å². The van der Waals surface area contributed by atoms with Crippen LogP contribution < -0.4 is 0 Å². The summed E-state index contributed by atoms with van der Waals surface area (Å²) in [5.74, 6) is -3.29. The highest BCUT2D eigenvalue weighted by Crippen LogP contribution is 2.25. The lowest BCUT2D eigenvalue weighted by molar-refractivity contribution is 0.0425. The summed E-state index contributed by atoms with van der Waals surface area (Å²) in [4.78, 5) is 72.3. The Bertz CT molecular complexity index is 1650. The summed E-state index contributed by atoms with van der Waals surface area (Å²) >= 11 is 0. The lowest BCUT2D eigenvalue weighted by Crippen LogP contribution is -2.05. The predicted molar refractivity (Wildman–Crippen MR) is 140 cm³/mol. The van der Waals surface area contributed by atoms with Gasteiger partial charge in [0.25, 0.3) is 0 Å². The van der Waals surface area contributed by atoms with Crippen LogP contribution in [-0.4, -0.2) is 35.4 Å². The fraction of sp³-hybridized carbons (Fsp3) is 0.0625. The average Bonchev–Trinajstić information content (AvgIpc) is 3.41. The van der Waals surface area contributed by atoms with Crippen molar-refractivity contribution in [3.8, 4) is 11.1 Å². The molecule has 2 heterocycles. The van der Waals surface area contributed by atoms with Gasteiger partial charge in [-0.2, -0.15) is 0 Å². The molecule has 0 saturated heterocycles. The number of fused-ring (bicyclic) bond motifs is 2. The maximum Gasteiger partial charge on any atom is 0.346 e. The molecule has 0 aliphatic carbocycles. The summed E-state index contributed by atoms with van der Waals surface area (Å²) in [5, 5.41) is 0. The average molecular weight is 530 g/mol. The van der Waals surface area contributed by atoms with Gasteiger partial charge in [0.1, 0.15) is 0 Å². The molecule has 0 fully saturated rings. The third kappa shape index (κ3) is 4.52. The molecule has 0 N–H and O–H groups in total. The molecular weight excluding hydrogens is 512 g/mol. The molecule has 0 radical (unpaired) electrons. The minimum Gasteiger partial charge on any atom is -0.386 e. The Labute approximate surface area is 227 Å². The summed E-state index contributed by atoms with van der Waals surface area (Å²) in [6.07, 6.45) is 0.245. The van der Waals surface area contributed by atoms with E-state index in [0.717, 1.165) is 22.3 Å². The Morgan fingerprint density at radius 2 is 0.800 bits per heavy atom. The molecule has 4 aromatic rings. The van der Waals surface area contributed by atoms with Crippen molar-refractivity contribution < 1.29 is 38.2 Å². The van der Waals surface area contributed by atoms with Gasteiger partial charge in [0.2, 0.25) is 0 Å². The lowest BCUT2D eigenvalue weighted by Gasteiger charge is -2.07. The fourth-order valence-corrected chi connectivity index (χ4v) is 4.72. The zero-order valence-corrected chi connectivity index (χ0v) is 20.8. The van der Waals surface area contributed by atoms with Gasteiger partial charge in [0.05, 0.1) is 22.3 Å². The molecule has 4 aromatic carbocycles. The Kier molecular flexibility index (Phi) is 6.00. The maximum atomic E-state index is 12.8. The number of cyclic esters (lactones) is 4. The minimum atomic E-state index is -0.748. The van der Waals surface area contributed by atoms with Crippen molar-refractivity contribution >= 4 is 35.4 Å². The summed E-state index contributed by atoms with van der Waals surface area (Å²) in [7, 11) is 0. The van der Waals surface area contributed by atoms with E-state index in [0.29, 0.717) is 11.1 Å². The van der Waals surface area contributed by atoms with Gasteiger partial charge in [-0.3, -0.25) is 9.59 Å². The Morgan fingerprint density at radius 1 is 0.450 bits per heavy atom. The van der Waals surface area contributed by atoms with E-state index in [4.69, 9.17) is 0 Å². The second kappa shape index (κ2) is 9.67. The molecule has 0 atom stereocenters. The van der Waals surface area contributed by atoms with Gasteiger partial charge in [-0.05, 0) is 46.5 Å². The van der Waals surface area contributed by atoms with E-state index in [9.17, 15) is 28.8 Å². The van der Waals surface area contributed by atoms with Crippen LogP contribution in [-0.2, 0) is 22.3 Å². The number of hydrogen-bond donors (Lipinski definition) is 0. The molecule has 0 spiro atoms. The van der Waals surface area contributed by atoms with E-state index < -0.39 is 23.9 Å². The molecule has 2 aliphatic heterocycles. The third-order valence-electron chi connectivity index (χ3n) is 6.90. The first-order chi connectivity index (χ1) is 19.3. The maximum absolute atomic E-state index is 12.8. The number of rotatable bonds is 7. The summed E-state index contributed by atoms with van der Waals surface area (Å²) < 4.78 is 9.15. The third-order valence-corrected chi connectivity index (χ3v) is 6.90. The first kappa shape index (κ1) is 24.8. The van der Waals surface area contributed by atoms with Crippen LogP contribution in [0.25, 0.3) is 11.1 Å². The Morgan fingerprint density at radius 3 is 1.18 bits per heavy atom. The highest BCUT2D eigenvalue weighted by atomic mass is 16.6. The van der Waals surface area contributed by atoms with E-state index in [1.165, 1.54) is 36.4 Å². The molecule has 0 aromatic heterocycles. The zero-order valence-electron chi connectivity index (χ0n) is 20.8. The molecule has 0 saturated carbocycles. The van der Waals surface area contributed by atoms with Crippen LogP contribution >= 0.6 is 0 Å². The zero-order chi connectivity index (χ0) is 28.0. The standard InChI is InChI=1S/C32H18O8/c33-27(21-9-11-23-25(15-21)31(37)39-29(23)35)13-17-1-5-19(6-2-17)20-7-3-18(4-8-20)14-28(34)22-10-12-24-26(16-22)32(38)40-30(24)36/h1-12,15-16H,13-14H2. The number of ketones is 2. The van der Waals surface area contributed by atoms with E-state index in [-0.39, 0.29) is 46.7 Å². The molecule has 2 aliphatic rings. The smallest absolute Gasteiger partial charge is 0.346 e. The number of carbonyl (C=O) groups is 6. The highest BCUT2D eigenvalue weighted by molar-refractivity contribution is 6.16. The van der Waals surface area contributed by atoms with Crippen LogP contribution in [0.4, 0.5) is 0 Å². The second-order valence-electron chi connectivity index (χ2n) is 9.47. The number of esters is 4. The molecule has 8 heteroatoms. The highest BCUT2D eigenvalue weighted by Gasteiger charge is 2.31. The quantitative estimate of drug-likeness (QED) is 0.189. The SMILES string of the molecule is O=C(Cc1ccc(-c2ccc(CC(=O)c3ccc4c(c3)C(=O)OC4=O)cc2)cc1)c1ccc2c(c1)C(=O)OC2=O. The first-order valence-corrected chi connectivity index (χ1v) is 12.3. The minimum absolute atomic E-state index is 0.102. The van der Waals surface area contributed by atoms with Gasteiger partial charge in [0, 0.05) is 24.0 Å². The molecular formula is C32H18O8. The van der Waals surface area contributed by atoms with Crippen molar-refractivity contribution in [1.29, 1.82) is 0 Å². The predicted octanol–water partition coefficient (Wildman–Crippen LogP) is 4.83. The van der Waals surface area contributed by atoms with Gasteiger partial charge in [0.15, 0.2) is 11.6 Å². The number of Topliss-reactive ketones (excluding diaryl/α,β-unsaturated/α-hetero) is 2. The molecule has 0 amide bonds. The van der Waals surface area contributed by atoms with Crippen molar-refractivity contribution in [3.05, 3.63) is 129 Å². The van der Waals surface area contributed by atoms with Gasteiger partial charge in [-0.1, -0.05) is 60.7 Å². The molecule has 8 nitrogen and oxygen atoms in total. The molecule has 0 unspecified atom stereocenters. The fourth-order valence-electron chi connectivity index (χ4n) is 4.72. The monoisotopic (exact) mass is 530 g/mol. The van der Waals surface area contributed by atoms with Crippen molar-refractivity contribution in [3.63, 3.8) is 0 Å². The number of ether oxygens (including phenoxy) is 2. The first-order valence-electron chi connectivity index (χ1n) is 12.3. The number of hydrogen-bond acceptors (Lipinski definition) is 8. The van der Waals surface area contributed by atoms with Crippen molar-refractivity contribution in [2.45, 2.75) is 12.8 Å². The van der Waals surface area contributed by atoms with Crippen LogP contribution in [0.1, 0.15) is 73.3 Å². The number of carbonyl (C=O) groups excluding carboxylic acids is 6. The summed E-state index contributed by atoms with van der Waals surface area (Å²) in [5.41, 5.74) is 4.60. The van der Waals surface area contributed by atoms with Crippen molar-refractivity contribution in [2.75, 3.05) is 0 Å². The second-order valence-corrected chi connectivity index (χ2v) is 9.47. The Balaban J connectivity index is 1.10. The van der Waals surface area contributed by atoms with Gasteiger partial charge >= 0.3 is 23.9 Å². The molecule has 0 bridgehead atoms. The van der Waals surface area contributed by atoms with E-state index in [1.54, 1.807) is 0 Å². The van der Waals surface area contributed by atoms with Crippen molar-refractivity contribution in [1.82, 2.24) is 0 Å². The van der Waals surface area contributed by atoms with Crippen LogP contribution in [0, 0.1) is 0 Å². The Hall–Kier alpha value is -5.50. The lowest BCUT2D eigenvalue weighted by atomic mass is 9.96. The van der Waals surface area contributed by atoms with Crippen LogP contribution in [0.5, 0.6) is 0 Å².